The summed E-state index contributed by atoms with van der Waals surface area (Å²) < 4.78 is 78.0. The number of hydrogen-bond acceptors (Lipinski definition) is 6. The number of imidazole rings is 1. The molecule has 2 aliphatic carbocycles. The van der Waals surface area contributed by atoms with E-state index in [4.69, 9.17) is 25.7 Å². The number of halogens is 4. The number of sulfonamides is 1. The van der Waals surface area contributed by atoms with Crippen LogP contribution < -0.4 is 4.72 Å². The molecule has 0 unspecified atom stereocenters. The summed E-state index contributed by atoms with van der Waals surface area (Å²) >= 11 is 6.81. The van der Waals surface area contributed by atoms with Gasteiger partial charge in [0.15, 0.2) is 5.69 Å². The smallest absolute Gasteiger partial charge is 0.472 e. The van der Waals surface area contributed by atoms with Crippen LogP contribution in [0.4, 0.5) is 18.9 Å². The molecule has 1 N–H and O–H groups in total. The highest BCUT2D eigenvalue weighted by atomic mass is 35.5. The molecule has 1 fully saturated rings. The molecule has 5 rings (SSSR count). The summed E-state index contributed by atoms with van der Waals surface area (Å²) in [5.74, 6) is 0.253. The lowest BCUT2D eigenvalue weighted by Gasteiger charge is -2.17. The second-order valence-electron chi connectivity index (χ2n) is 9.34. The minimum Gasteiger partial charge on any atom is -0.472 e. The van der Waals surface area contributed by atoms with Crippen molar-refractivity contribution in [2.24, 2.45) is 0 Å². The van der Waals surface area contributed by atoms with Gasteiger partial charge in [0.2, 0.25) is 0 Å². The van der Waals surface area contributed by atoms with E-state index in [1.807, 2.05) is 6.92 Å². The van der Waals surface area contributed by atoms with Crippen LogP contribution in [0.1, 0.15) is 60.2 Å². The highest BCUT2D eigenvalue weighted by Gasteiger charge is 2.46. The van der Waals surface area contributed by atoms with Crippen molar-refractivity contribution in [3.8, 4) is 22.3 Å². The van der Waals surface area contributed by atoms with E-state index in [0.717, 1.165) is 12.8 Å². The van der Waals surface area contributed by atoms with Crippen molar-refractivity contribution in [1.82, 2.24) is 9.55 Å². The fourth-order valence-electron chi connectivity index (χ4n) is 4.81. The number of alkyl halides is 3. The van der Waals surface area contributed by atoms with E-state index in [9.17, 15) is 26.4 Å². The molecule has 2 heterocycles. The van der Waals surface area contributed by atoms with E-state index in [1.165, 1.54) is 30.7 Å². The Morgan fingerprint density at radius 2 is 1.90 bits per heavy atom. The Balaban J connectivity index is 1.73. The molecule has 1 aromatic heterocycles. The Morgan fingerprint density at radius 1 is 1.18 bits per heavy atom. The molecule has 0 bridgehead atoms. The lowest BCUT2D eigenvalue weighted by atomic mass is 10.0. The Labute approximate surface area is 233 Å². The van der Waals surface area contributed by atoms with Crippen molar-refractivity contribution >= 4 is 33.3 Å². The number of para-hydroxylation sites is 1. The van der Waals surface area contributed by atoms with Gasteiger partial charge in [0.05, 0.1) is 42.1 Å². The van der Waals surface area contributed by atoms with Crippen molar-refractivity contribution in [3.63, 3.8) is 0 Å². The second kappa shape index (κ2) is 10.5. The van der Waals surface area contributed by atoms with Crippen LogP contribution in [-0.4, -0.2) is 36.1 Å². The molecule has 1 aromatic carbocycles. The number of fused-ring (bicyclic) bond motifs is 1. The average Bonchev–Trinajstić information content (AvgIpc) is 3.63. The monoisotopic (exact) mass is 595 g/mol. The van der Waals surface area contributed by atoms with Crippen molar-refractivity contribution in [2.45, 2.75) is 51.1 Å². The van der Waals surface area contributed by atoms with Gasteiger partial charge in [-0.25, -0.2) is 9.78 Å². The van der Waals surface area contributed by atoms with E-state index >= 15 is 0 Å². The van der Waals surface area contributed by atoms with Crippen LogP contribution in [0.2, 0.25) is 5.02 Å². The number of rotatable bonds is 9. The fourth-order valence-corrected chi connectivity index (χ4v) is 5.76. The molecule has 2 aromatic rings. The maximum Gasteiger partial charge on any atom is 0.516 e. The maximum absolute atomic E-state index is 13.3. The predicted octanol–water partition coefficient (Wildman–Crippen LogP) is 6.83. The number of nitrogens with one attached hydrogen (secondary N) is 1. The SMILES string of the molecule is CCOC(=O)c1c(C2CC2)nc(CC)n1Cc1c2ccocc-2c(Cl)c1-c1ccccc1NS(=O)(=O)C(F)(F)F. The number of benzene rings is 1. The highest BCUT2D eigenvalue weighted by molar-refractivity contribution is 7.93. The number of carbonyl (C=O) groups is 1. The van der Waals surface area contributed by atoms with Crippen LogP contribution >= 0.6 is 11.6 Å². The van der Waals surface area contributed by atoms with E-state index in [0.29, 0.717) is 45.9 Å². The van der Waals surface area contributed by atoms with Gasteiger partial charge in [0, 0.05) is 29.0 Å². The molecule has 40 heavy (non-hydrogen) atoms. The highest BCUT2D eigenvalue weighted by Crippen LogP contribution is 2.49. The molecular weight excluding hydrogens is 571 g/mol. The molecule has 0 amide bonds. The lowest BCUT2D eigenvalue weighted by molar-refractivity contribution is -0.0429. The number of nitrogens with zero attached hydrogens (tertiary/aromatic N) is 2. The van der Waals surface area contributed by atoms with Crippen molar-refractivity contribution in [2.75, 3.05) is 11.3 Å². The summed E-state index contributed by atoms with van der Waals surface area (Å²) in [6, 6.07) is 7.34. The normalized spacial score (nSPS) is 14.1. The molecular formula is C27H25ClF3N3O5S. The van der Waals surface area contributed by atoms with Crippen LogP contribution in [0.5, 0.6) is 0 Å². The largest absolute Gasteiger partial charge is 0.516 e. The van der Waals surface area contributed by atoms with Crippen LogP contribution in [0.3, 0.4) is 0 Å². The van der Waals surface area contributed by atoms with Crippen molar-refractivity contribution in [3.05, 3.63) is 70.7 Å². The molecule has 8 nitrogen and oxygen atoms in total. The third-order valence-electron chi connectivity index (χ3n) is 6.76. The number of carbonyl (C=O) groups excluding carboxylic acids is 1. The number of aromatic nitrogens is 2. The zero-order valence-electron chi connectivity index (χ0n) is 21.5. The Bertz CT molecular complexity index is 1660. The quantitative estimate of drug-likeness (QED) is 0.213. The van der Waals surface area contributed by atoms with Gasteiger partial charge in [-0.2, -0.15) is 21.6 Å². The molecule has 0 spiro atoms. The summed E-state index contributed by atoms with van der Waals surface area (Å²) in [5, 5.41) is 0.159. The summed E-state index contributed by atoms with van der Waals surface area (Å²) in [4.78, 5) is 17.9. The van der Waals surface area contributed by atoms with E-state index < -0.39 is 21.5 Å². The average molecular weight is 596 g/mol. The molecule has 0 saturated heterocycles. The number of ether oxygens (including phenoxy) is 1. The minimum absolute atomic E-state index is 0.0694. The van der Waals surface area contributed by atoms with Gasteiger partial charge in [0.25, 0.3) is 0 Å². The first-order valence-corrected chi connectivity index (χ1v) is 14.5. The van der Waals surface area contributed by atoms with Gasteiger partial charge in [0.1, 0.15) is 5.82 Å². The first-order valence-electron chi connectivity index (χ1n) is 12.6. The summed E-state index contributed by atoms with van der Waals surface area (Å²) in [7, 11) is -5.72. The molecule has 1 aliphatic heterocycles. The predicted molar refractivity (Wildman–Crippen MR) is 143 cm³/mol. The summed E-state index contributed by atoms with van der Waals surface area (Å²) in [6.07, 6.45) is 5.14. The lowest BCUT2D eigenvalue weighted by Crippen LogP contribution is -2.30. The third-order valence-corrected chi connectivity index (χ3v) is 8.25. The Kier molecular flexibility index (Phi) is 7.34. The third kappa shape index (κ3) is 4.94. The van der Waals surface area contributed by atoms with Crippen molar-refractivity contribution in [1.29, 1.82) is 0 Å². The summed E-state index contributed by atoms with van der Waals surface area (Å²) in [6.45, 7) is 3.85. The molecule has 0 atom stereocenters. The van der Waals surface area contributed by atoms with Gasteiger partial charge in [-0.1, -0.05) is 36.7 Å². The van der Waals surface area contributed by atoms with Crippen LogP contribution in [0.15, 0.2) is 47.3 Å². The first kappa shape index (κ1) is 28.0. The van der Waals surface area contributed by atoms with Gasteiger partial charge >= 0.3 is 21.5 Å². The maximum atomic E-state index is 13.3. The number of aryl methyl sites for hydroxylation is 1. The van der Waals surface area contributed by atoms with Gasteiger partial charge in [-0.3, -0.25) is 4.72 Å². The topological polar surface area (TPSA) is 103 Å². The number of esters is 1. The van der Waals surface area contributed by atoms with Crippen LogP contribution in [0, 0.1) is 0 Å². The zero-order chi connectivity index (χ0) is 28.8. The van der Waals surface area contributed by atoms with Crippen LogP contribution in [0.25, 0.3) is 22.3 Å². The minimum atomic E-state index is -5.72. The van der Waals surface area contributed by atoms with Crippen LogP contribution in [-0.2, 0) is 27.7 Å². The van der Waals surface area contributed by atoms with E-state index in [-0.39, 0.29) is 35.3 Å². The molecule has 3 aliphatic rings. The van der Waals surface area contributed by atoms with Crippen molar-refractivity contribution < 1.29 is 35.5 Å². The van der Waals surface area contributed by atoms with Gasteiger partial charge in [-0.05, 0) is 43.0 Å². The second-order valence-corrected chi connectivity index (χ2v) is 11.4. The Hall–Kier alpha value is -3.51. The molecule has 212 valence electrons. The zero-order valence-corrected chi connectivity index (χ0v) is 23.1. The molecule has 13 heteroatoms. The number of anilines is 1. The standard InChI is InChI=1S/C27H25ClF3N3O5S/c1-3-21-32-24(15-9-10-15)25(26(35)39-4-2)34(21)13-18-16-11-12-38-14-19(16)23(28)22(18)17-7-5-6-8-20(17)33-40(36,37)27(29,30)31/h5-8,11-12,14-15,33H,3-4,9-10,13H2,1-2H3. The molecule has 0 radical (unpaired) electrons. The fraction of sp³-hybridized carbons (Fsp3) is 0.333. The van der Waals surface area contributed by atoms with Gasteiger partial charge < -0.3 is 13.7 Å². The number of hydrogen-bond donors (Lipinski definition) is 1. The first-order chi connectivity index (χ1) is 19.0. The van der Waals surface area contributed by atoms with E-state index in [2.05, 4.69) is 0 Å². The summed E-state index contributed by atoms with van der Waals surface area (Å²) in [5.41, 5.74) is -2.77. The van der Waals surface area contributed by atoms with Gasteiger partial charge in [-0.15, -0.1) is 0 Å². The van der Waals surface area contributed by atoms with E-state index in [1.54, 1.807) is 28.3 Å². The Morgan fingerprint density at radius 3 is 2.55 bits per heavy atom. The molecule has 1 saturated carbocycles.